The molecule has 0 heterocycles. The highest BCUT2D eigenvalue weighted by atomic mass is 127. The van der Waals surface area contributed by atoms with E-state index in [4.69, 9.17) is 17.0 Å². The minimum absolute atomic E-state index is 0.000601. The number of rotatable bonds is 4. The van der Waals surface area contributed by atoms with Crippen molar-refractivity contribution < 1.29 is 19.4 Å². The Balaban J connectivity index is 2.11. The molecule has 2 rings (SSSR count). The molecule has 2 aromatic rings. The molecule has 0 saturated carbocycles. The zero-order chi connectivity index (χ0) is 18.6. The maximum atomic E-state index is 12.3. The maximum Gasteiger partial charge on any atom is 0.337 e. The third kappa shape index (κ3) is 5.13. The summed E-state index contributed by atoms with van der Waals surface area (Å²) in [6.07, 6.45) is 0. The Morgan fingerprint density at radius 3 is 2.56 bits per heavy atom. The first-order valence-electron chi connectivity index (χ1n) is 6.80. The van der Waals surface area contributed by atoms with Crippen molar-refractivity contribution in [3.63, 3.8) is 0 Å². The van der Waals surface area contributed by atoms with Crippen LogP contribution in [0.1, 0.15) is 20.7 Å². The number of thiocarbonyl (C=S) groups is 1. The lowest BCUT2D eigenvalue weighted by molar-refractivity contribution is 0.0697. The van der Waals surface area contributed by atoms with E-state index in [0.29, 0.717) is 21.5 Å². The van der Waals surface area contributed by atoms with Crippen molar-refractivity contribution in [1.29, 1.82) is 0 Å². The van der Waals surface area contributed by atoms with E-state index in [0.717, 1.165) is 3.57 Å². The first kappa shape index (κ1) is 19.6. The van der Waals surface area contributed by atoms with Gasteiger partial charge in [-0.2, -0.15) is 0 Å². The van der Waals surface area contributed by atoms with Gasteiger partial charge in [0.1, 0.15) is 5.75 Å². The summed E-state index contributed by atoms with van der Waals surface area (Å²) in [5, 5.41) is 14.5. The SMILES string of the molecule is COc1ccc(C(=O)NC(=S)Nc2ccc(I)cc2C(=O)O)cc1Br. The summed E-state index contributed by atoms with van der Waals surface area (Å²) in [5.41, 5.74) is 0.739. The molecule has 0 aliphatic carbocycles. The number of hydrogen-bond donors (Lipinski definition) is 3. The fourth-order valence-electron chi connectivity index (χ4n) is 1.94. The second kappa shape index (κ2) is 8.59. The van der Waals surface area contributed by atoms with Crippen molar-refractivity contribution in [2.24, 2.45) is 0 Å². The number of hydrogen-bond acceptors (Lipinski definition) is 4. The quantitative estimate of drug-likeness (QED) is 0.407. The number of carbonyl (C=O) groups excluding carboxylic acids is 1. The predicted molar refractivity (Wildman–Crippen MR) is 110 cm³/mol. The van der Waals surface area contributed by atoms with Crippen LogP contribution in [0.3, 0.4) is 0 Å². The van der Waals surface area contributed by atoms with Crippen LogP contribution < -0.4 is 15.4 Å². The van der Waals surface area contributed by atoms with Gasteiger partial charge in [-0.05, 0) is 87.1 Å². The number of amides is 1. The predicted octanol–water partition coefficient (Wildman–Crippen LogP) is 3.89. The Kier molecular flexibility index (Phi) is 6.73. The van der Waals surface area contributed by atoms with Crippen LogP contribution >= 0.6 is 50.7 Å². The summed E-state index contributed by atoms with van der Waals surface area (Å²) in [6, 6.07) is 9.68. The fraction of sp³-hybridized carbons (Fsp3) is 0.0625. The molecule has 0 unspecified atom stereocenters. The second-order valence-electron chi connectivity index (χ2n) is 4.75. The number of carboxylic acid groups (broad SMARTS) is 1. The Hall–Kier alpha value is -1.72. The summed E-state index contributed by atoms with van der Waals surface area (Å²) in [6.45, 7) is 0. The third-order valence-electron chi connectivity index (χ3n) is 3.10. The minimum atomic E-state index is -1.09. The highest BCUT2D eigenvalue weighted by Gasteiger charge is 2.14. The molecule has 0 spiro atoms. The van der Waals surface area contributed by atoms with Gasteiger partial charge in [0.25, 0.3) is 5.91 Å². The zero-order valence-electron chi connectivity index (χ0n) is 12.8. The molecule has 0 bridgehead atoms. The second-order valence-corrected chi connectivity index (χ2v) is 7.26. The van der Waals surface area contributed by atoms with Crippen LogP contribution in [0.25, 0.3) is 0 Å². The number of halogens is 2. The van der Waals surface area contributed by atoms with Crippen LogP contribution in [0.4, 0.5) is 5.69 Å². The molecule has 6 nitrogen and oxygen atoms in total. The molecule has 130 valence electrons. The molecule has 9 heteroatoms. The first-order valence-corrected chi connectivity index (χ1v) is 9.08. The standard InChI is InChI=1S/C16H12BrIN2O4S/c1-24-13-5-2-8(6-11(13)17)14(21)20-16(25)19-12-4-3-9(18)7-10(12)15(22)23/h2-7H,1H3,(H,22,23)(H2,19,20,21,25). The van der Waals surface area contributed by atoms with Crippen LogP contribution in [0, 0.1) is 3.57 Å². The van der Waals surface area contributed by atoms with Gasteiger partial charge >= 0.3 is 5.97 Å². The minimum Gasteiger partial charge on any atom is -0.496 e. The largest absolute Gasteiger partial charge is 0.496 e. The highest BCUT2D eigenvalue weighted by molar-refractivity contribution is 14.1. The number of anilines is 1. The van der Waals surface area contributed by atoms with Gasteiger partial charge in [0.15, 0.2) is 5.11 Å². The molecule has 0 radical (unpaired) electrons. The summed E-state index contributed by atoms with van der Waals surface area (Å²) in [5.74, 6) is -0.917. The van der Waals surface area contributed by atoms with Crippen molar-refractivity contribution in [1.82, 2.24) is 5.32 Å². The molecule has 0 fully saturated rings. The number of ether oxygens (including phenoxy) is 1. The van der Waals surface area contributed by atoms with E-state index >= 15 is 0 Å². The number of carboxylic acids is 1. The van der Waals surface area contributed by atoms with E-state index < -0.39 is 11.9 Å². The van der Waals surface area contributed by atoms with E-state index in [1.54, 1.807) is 30.3 Å². The Bertz CT molecular complexity index is 860. The summed E-state index contributed by atoms with van der Waals surface area (Å²) in [4.78, 5) is 23.6. The molecular formula is C16H12BrIN2O4S. The molecule has 1 amide bonds. The first-order chi connectivity index (χ1) is 11.8. The van der Waals surface area contributed by atoms with Gasteiger partial charge in [0, 0.05) is 9.13 Å². The average Bonchev–Trinajstić information content (AvgIpc) is 2.56. The van der Waals surface area contributed by atoms with Crippen molar-refractivity contribution in [3.05, 3.63) is 55.6 Å². The molecule has 0 aromatic heterocycles. The van der Waals surface area contributed by atoms with Crippen LogP contribution in [0.5, 0.6) is 5.75 Å². The lowest BCUT2D eigenvalue weighted by Gasteiger charge is -2.12. The Morgan fingerprint density at radius 2 is 1.96 bits per heavy atom. The van der Waals surface area contributed by atoms with Crippen LogP contribution in [-0.2, 0) is 0 Å². The van der Waals surface area contributed by atoms with Gasteiger partial charge < -0.3 is 15.2 Å². The van der Waals surface area contributed by atoms with E-state index in [-0.39, 0.29) is 10.7 Å². The van der Waals surface area contributed by atoms with Crippen LogP contribution in [0.15, 0.2) is 40.9 Å². The van der Waals surface area contributed by atoms with Gasteiger partial charge in [-0.25, -0.2) is 4.79 Å². The third-order valence-corrected chi connectivity index (χ3v) is 4.60. The molecule has 0 aliphatic rings. The lowest BCUT2D eigenvalue weighted by Crippen LogP contribution is -2.34. The molecular weight excluding hydrogens is 523 g/mol. The Labute approximate surface area is 171 Å². The van der Waals surface area contributed by atoms with Crippen LogP contribution in [0.2, 0.25) is 0 Å². The van der Waals surface area contributed by atoms with Gasteiger partial charge in [0.2, 0.25) is 0 Å². The topological polar surface area (TPSA) is 87.7 Å². The van der Waals surface area contributed by atoms with E-state index in [1.165, 1.54) is 13.2 Å². The zero-order valence-corrected chi connectivity index (χ0v) is 17.4. The normalized spacial score (nSPS) is 10.0. The number of methoxy groups -OCH3 is 1. The molecule has 0 saturated heterocycles. The molecule has 3 N–H and O–H groups in total. The smallest absolute Gasteiger partial charge is 0.337 e. The summed E-state index contributed by atoms with van der Waals surface area (Å²) >= 11 is 10.4. The van der Waals surface area contributed by atoms with Gasteiger partial charge in [-0.15, -0.1) is 0 Å². The van der Waals surface area contributed by atoms with Crippen molar-refractivity contribution in [2.75, 3.05) is 12.4 Å². The number of carbonyl (C=O) groups is 2. The number of benzene rings is 2. The van der Waals surface area contributed by atoms with Gasteiger partial charge in [-0.3, -0.25) is 10.1 Å². The van der Waals surface area contributed by atoms with Crippen molar-refractivity contribution in [2.45, 2.75) is 0 Å². The summed E-state index contributed by atoms with van der Waals surface area (Å²) < 4.78 is 6.52. The molecule has 2 aromatic carbocycles. The van der Waals surface area contributed by atoms with Crippen LogP contribution in [-0.4, -0.2) is 29.2 Å². The van der Waals surface area contributed by atoms with E-state index in [9.17, 15) is 14.7 Å². The molecule has 25 heavy (non-hydrogen) atoms. The molecule has 0 aliphatic heterocycles. The van der Waals surface area contributed by atoms with E-state index in [1.807, 2.05) is 22.6 Å². The van der Waals surface area contributed by atoms with Gasteiger partial charge in [0.05, 0.1) is 22.8 Å². The fourth-order valence-corrected chi connectivity index (χ4v) is 3.17. The highest BCUT2D eigenvalue weighted by Crippen LogP contribution is 2.25. The summed E-state index contributed by atoms with van der Waals surface area (Å²) in [7, 11) is 1.53. The van der Waals surface area contributed by atoms with Crippen molar-refractivity contribution in [3.8, 4) is 5.75 Å². The number of nitrogens with one attached hydrogen (secondary N) is 2. The van der Waals surface area contributed by atoms with E-state index in [2.05, 4.69) is 26.6 Å². The van der Waals surface area contributed by atoms with Crippen molar-refractivity contribution >= 4 is 73.4 Å². The van der Waals surface area contributed by atoms with Gasteiger partial charge in [-0.1, -0.05) is 0 Å². The Morgan fingerprint density at radius 1 is 1.24 bits per heavy atom. The lowest BCUT2D eigenvalue weighted by atomic mass is 10.2. The average molecular weight is 535 g/mol. The monoisotopic (exact) mass is 534 g/mol. The number of aromatic carboxylic acids is 1. The maximum absolute atomic E-state index is 12.3. The molecule has 0 atom stereocenters.